The minimum absolute atomic E-state index is 0.0861. The van der Waals surface area contributed by atoms with Crippen LogP contribution < -0.4 is 5.73 Å². The lowest BCUT2D eigenvalue weighted by Gasteiger charge is -1.88. The van der Waals surface area contributed by atoms with Crippen molar-refractivity contribution in [3.63, 3.8) is 0 Å². The molecule has 0 saturated heterocycles. The van der Waals surface area contributed by atoms with Crippen LogP contribution in [0.4, 0.5) is 0 Å². The molecule has 0 radical (unpaired) electrons. The molecule has 0 amide bonds. The number of nitrogens with two attached hydrogens (primary N) is 1. The number of hydrogen-bond donors (Lipinski definition) is 1. The normalized spacial score (nSPS) is 11.5. The molecule has 0 unspecified atom stereocenters. The van der Waals surface area contributed by atoms with Crippen molar-refractivity contribution in [1.29, 1.82) is 0 Å². The van der Waals surface area contributed by atoms with Gasteiger partial charge in [0, 0.05) is 6.20 Å². The molecule has 2 nitrogen and oxygen atoms in total. The molecule has 0 spiro atoms. The molecule has 0 aliphatic carbocycles. The number of nitrogens with zero attached hydrogens (tertiary/aromatic N) is 1. The fraction of sp³-hybridized carbons (Fsp3) is 0.222. The van der Waals surface area contributed by atoms with E-state index in [9.17, 15) is 0 Å². The summed E-state index contributed by atoms with van der Waals surface area (Å²) in [7, 11) is 0. The lowest BCUT2D eigenvalue weighted by Crippen LogP contribution is -2.10. The minimum atomic E-state index is -0.0861. The second kappa shape index (κ2) is 3.75. The quantitative estimate of drug-likeness (QED) is 0.549. The number of hydrogen-bond acceptors (Lipinski definition) is 2. The predicted molar refractivity (Wildman–Crippen MR) is 44.8 cm³/mol. The summed E-state index contributed by atoms with van der Waals surface area (Å²) in [6, 6.07) is 5.53. The highest BCUT2D eigenvalue weighted by molar-refractivity contribution is 5.27. The molecular formula is C9H10N2. The Morgan fingerprint density at radius 1 is 1.55 bits per heavy atom. The van der Waals surface area contributed by atoms with E-state index in [1.807, 2.05) is 25.1 Å². The molecule has 2 heteroatoms. The Balaban J connectivity index is 2.75. The highest BCUT2D eigenvalue weighted by Gasteiger charge is 1.84. The van der Waals surface area contributed by atoms with Crippen molar-refractivity contribution >= 4 is 0 Å². The SMILES string of the molecule is C[C@@H](N)C#Cc1ccccn1. The number of pyridine rings is 1. The fourth-order valence-corrected chi connectivity index (χ4v) is 0.624. The van der Waals surface area contributed by atoms with Gasteiger partial charge in [0.1, 0.15) is 5.69 Å². The third-order valence-corrected chi connectivity index (χ3v) is 1.09. The molecule has 0 aliphatic rings. The largest absolute Gasteiger partial charge is 0.318 e. The van der Waals surface area contributed by atoms with Crippen LogP contribution in [0.5, 0.6) is 0 Å². The van der Waals surface area contributed by atoms with E-state index in [4.69, 9.17) is 5.73 Å². The van der Waals surface area contributed by atoms with Gasteiger partial charge in [0.2, 0.25) is 0 Å². The Morgan fingerprint density at radius 3 is 2.91 bits per heavy atom. The van der Waals surface area contributed by atoms with Gasteiger partial charge in [-0.1, -0.05) is 12.0 Å². The molecule has 1 aromatic heterocycles. The molecule has 1 aromatic rings. The summed E-state index contributed by atoms with van der Waals surface area (Å²) in [4.78, 5) is 4.02. The van der Waals surface area contributed by atoms with Crippen molar-refractivity contribution < 1.29 is 0 Å². The molecule has 0 saturated carbocycles. The summed E-state index contributed by atoms with van der Waals surface area (Å²) >= 11 is 0. The van der Waals surface area contributed by atoms with Gasteiger partial charge in [-0.05, 0) is 25.0 Å². The summed E-state index contributed by atoms with van der Waals surface area (Å²) in [5.41, 5.74) is 6.21. The Bertz CT molecular complexity index is 267. The van der Waals surface area contributed by atoms with E-state index in [-0.39, 0.29) is 6.04 Å². The first-order valence-corrected chi connectivity index (χ1v) is 3.47. The van der Waals surface area contributed by atoms with Gasteiger partial charge in [0.05, 0.1) is 6.04 Å². The fourth-order valence-electron chi connectivity index (χ4n) is 0.624. The van der Waals surface area contributed by atoms with Gasteiger partial charge in [-0.25, -0.2) is 4.98 Å². The first kappa shape index (κ1) is 7.77. The third-order valence-electron chi connectivity index (χ3n) is 1.09. The molecule has 1 rings (SSSR count). The van der Waals surface area contributed by atoms with E-state index in [2.05, 4.69) is 16.8 Å². The van der Waals surface area contributed by atoms with E-state index < -0.39 is 0 Å². The van der Waals surface area contributed by atoms with Crippen LogP contribution in [0.2, 0.25) is 0 Å². The second-order valence-electron chi connectivity index (χ2n) is 2.27. The molecule has 0 bridgehead atoms. The first-order chi connectivity index (χ1) is 5.29. The average molecular weight is 146 g/mol. The van der Waals surface area contributed by atoms with Crippen LogP contribution >= 0.6 is 0 Å². The monoisotopic (exact) mass is 146 g/mol. The van der Waals surface area contributed by atoms with E-state index >= 15 is 0 Å². The molecule has 11 heavy (non-hydrogen) atoms. The average Bonchev–Trinajstić information content (AvgIpc) is 2.03. The lowest BCUT2D eigenvalue weighted by molar-refractivity contribution is 0.959. The van der Waals surface area contributed by atoms with Gasteiger partial charge < -0.3 is 5.73 Å². The van der Waals surface area contributed by atoms with Gasteiger partial charge >= 0.3 is 0 Å². The van der Waals surface area contributed by atoms with Crippen LogP contribution in [0.15, 0.2) is 24.4 Å². The highest BCUT2D eigenvalue weighted by Crippen LogP contribution is 1.88. The van der Waals surface area contributed by atoms with Gasteiger partial charge in [0.15, 0.2) is 0 Å². The van der Waals surface area contributed by atoms with E-state index in [0.717, 1.165) is 5.69 Å². The van der Waals surface area contributed by atoms with Crippen molar-refractivity contribution in [2.45, 2.75) is 13.0 Å². The van der Waals surface area contributed by atoms with E-state index in [1.165, 1.54) is 0 Å². The van der Waals surface area contributed by atoms with Crippen molar-refractivity contribution in [2.75, 3.05) is 0 Å². The molecule has 1 heterocycles. The topological polar surface area (TPSA) is 38.9 Å². The maximum absolute atomic E-state index is 5.44. The second-order valence-corrected chi connectivity index (χ2v) is 2.27. The zero-order valence-electron chi connectivity index (χ0n) is 6.41. The Morgan fingerprint density at radius 2 is 2.36 bits per heavy atom. The summed E-state index contributed by atoms with van der Waals surface area (Å²) in [5, 5.41) is 0. The smallest absolute Gasteiger partial charge is 0.113 e. The predicted octanol–water partition coefficient (Wildman–Crippen LogP) is 0.780. The third kappa shape index (κ3) is 2.83. The van der Waals surface area contributed by atoms with E-state index in [1.54, 1.807) is 6.20 Å². The van der Waals surface area contributed by atoms with Crippen molar-refractivity contribution in [3.05, 3.63) is 30.1 Å². The van der Waals surface area contributed by atoms with Gasteiger partial charge in [-0.3, -0.25) is 0 Å². The molecule has 0 fully saturated rings. The molecule has 56 valence electrons. The van der Waals surface area contributed by atoms with Crippen LogP contribution in [0.1, 0.15) is 12.6 Å². The van der Waals surface area contributed by atoms with Crippen molar-refractivity contribution in [3.8, 4) is 11.8 Å². The molecule has 2 N–H and O–H groups in total. The van der Waals surface area contributed by atoms with Crippen LogP contribution in [-0.2, 0) is 0 Å². The Hall–Kier alpha value is -1.33. The standard InChI is InChI=1S/C9H10N2/c1-8(10)5-6-9-4-2-3-7-11-9/h2-4,7-8H,10H2,1H3/t8-/m1/s1. The summed E-state index contributed by atoms with van der Waals surface area (Å²) in [6.45, 7) is 1.84. The zero-order valence-corrected chi connectivity index (χ0v) is 6.41. The van der Waals surface area contributed by atoms with Gasteiger partial charge in [-0.2, -0.15) is 0 Å². The van der Waals surface area contributed by atoms with Crippen molar-refractivity contribution in [1.82, 2.24) is 4.98 Å². The number of rotatable bonds is 0. The van der Waals surface area contributed by atoms with E-state index in [0.29, 0.717) is 0 Å². The summed E-state index contributed by atoms with van der Waals surface area (Å²) < 4.78 is 0. The Labute approximate surface area is 66.4 Å². The number of aromatic nitrogens is 1. The van der Waals surface area contributed by atoms with Crippen molar-refractivity contribution in [2.24, 2.45) is 5.73 Å². The maximum Gasteiger partial charge on any atom is 0.113 e. The lowest BCUT2D eigenvalue weighted by atomic mass is 10.3. The minimum Gasteiger partial charge on any atom is -0.318 e. The Kier molecular flexibility index (Phi) is 2.65. The van der Waals surface area contributed by atoms with Crippen LogP contribution in [0.25, 0.3) is 0 Å². The van der Waals surface area contributed by atoms with Crippen LogP contribution in [0, 0.1) is 11.8 Å². The molecule has 0 aromatic carbocycles. The van der Waals surface area contributed by atoms with Crippen LogP contribution in [0.3, 0.4) is 0 Å². The molecule has 0 aliphatic heterocycles. The summed E-state index contributed by atoms with van der Waals surface area (Å²) in [5.74, 6) is 5.68. The first-order valence-electron chi connectivity index (χ1n) is 3.47. The van der Waals surface area contributed by atoms with Crippen LogP contribution in [-0.4, -0.2) is 11.0 Å². The van der Waals surface area contributed by atoms with Gasteiger partial charge in [0.25, 0.3) is 0 Å². The highest BCUT2D eigenvalue weighted by atomic mass is 14.6. The zero-order chi connectivity index (χ0) is 8.10. The molecular weight excluding hydrogens is 136 g/mol. The molecule has 1 atom stereocenters. The van der Waals surface area contributed by atoms with Gasteiger partial charge in [-0.15, -0.1) is 0 Å². The maximum atomic E-state index is 5.44. The summed E-state index contributed by atoms with van der Waals surface area (Å²) in [6.07, 6.45) is 1.71.